The van der Waals surface area contributed by atoms with E-state index < -0.39 is 0 Å². The Balaban J connectivity index is 1.81. The van der Waals surface area contributed by atoms with Gasteiger partial charge in [0.05, 0.1) is 0 Å². The molecule has 0 N–H and O–H groups in total. The van der Waals surface area contributed by atoms with Gasteiger partial charge < -0.3 is 0 Å². The second-order valence-corrected chi connectivity index (χ2v) is 7.62. The lowest BCUT2D eigenvalue weighted by atomic mass is 9.27. The van der Waals surface area contributed by atoms with E-state index in [4.69, 9.17) is 0 Å². The van der Waals surface area contributed by atoms with Crippen LogP contribution in [-0.4, -0.2) is 6.71 Å². The highest BCUT2D eigenvalue weighted by molar-refractivity contribution is 6.70. The molecular formula is C21H31B. The third kappa shape index (κ3) is 4.06. The number of hydrogen-bond donors (Lipinski definition) is 0. The standard InChI is InChI=1S/C21H31B/c1-18(17-19-11-5-2-6-12-19)22(20-13-7-3-8-14-20)21-15-9-4-10-16-21/h2,5-6,11-12,17,20-21H,3-4,7-10,13-16H2,1H3/b18-17+. The Morgan fingerprint density at radius 2 is 1.32 bits per heavy atom. The zero-order valence-electron chi connectivity index (χ0n) is 14.3. The van der Waals surface area contributed by atoms with Crippen LogP contribution in [0.5, 0.6) is 0 Å². The molecule has 0 saturated heterocycles. The molecule has 2 aliphatic carbocycles. The SMILES string of the molecule is C/C(=C\c1ccccc1)B(C1CCCCC1)C1CCCCC1. The molecule has 2 aliphatic rings. The van der Waals surface area contributed by atoms with Crippen molar-refractivity contribution < 1.29 is 0 Å². The Bertz CT molecular complexity index is 446. The van der Waals surface area contributed by atoms with E-state index in [1.807, 2.05) is 0 Å². The van der Waals surface area contributed by atoms with Gasteiger partial charge >= 0.3 is 0 Å². The highest BCUT2D eigenvalue weighted by Gasteiger charge is 2.35. The van der Waals surface area contributed by atoms with Gasteiger partial charge in [-0.3, -0.25) is 0 Å². The summed E-state index contributed by atoms with van der Waals surface area (Å²) in [6, 6.07) is 10.9. The molecule has 2 saturated carbocycles. The minimum Gasteiger partial charge on any atom is -0.103 e. The van der Waals surface area contributed by atoms with Crippen LogP contribution in [0.15, 0.2) is 35.8 Å². The highest BCUT2D eigenvalue weighted by Crippen LogP contribution is 2.44. The van der Waals surface area contributed by atoms with Crippen LogP contribution in [0, 0.1) is 0 Å². The fraction of sp³-hybridized carbons (Fsp3) is 0.619. The van der Waals surface area contributed by atoms with Crippen LogP contribution in [0.1, 0.15) is 76.7 Å². The molecule has 0 radical (unpaired) electrons. The van der Waals surface area contributed by atoms with Crippen molar-refractivity contribution in [3.8, 4) is 0 Å². The summed E-state index contributed by atoms with van der Waals surface area (Å²) in [7, 11) is 0. The van der Waals surface area contributed by atoms with E-state index in [9.17, 15) is 0 Å². The molecule has 2 fully saturated rings. The summed E-state index contributed by atoms with van der Waals surface area (Å²) in [6.45, 7) is 3.27. The summed E-state index contributed by atoms with van der Waals surface area (Å²) in [4.78, 5) is 0. The van der Waals surface area contributed by atoms with Crippen LogP contribution in [-0.2, 0) is 0 Å². The van der Waals surface area contributed by atoms with Crippen molar-refractivity contribution in [1.82, 2.24) is 0 Å². The predicted molar refractivity (Wildman–Crippen MR) is 99.5 cm³/mol. The average molecular weight is 294 g/mol. The first-order chi connectivity index (χ1) is 10.8. The average Bonchev–Trinajstić information content (AvgIpc) is 2.58. The Morgan fingerprint density at radius 1 is 0.818 bits per heavy atom. The quantitative estimate of drug-likeness (QED) is 0.536. The van der Waals surface area contributed by atoms with Crippen LogP contribution in [0.25, 0.3) is 6.08 Å². The van der Waals surface area contributed by atoms with E-state index in [0.717, 1.165) is 18.3 Å². The Kier molecular flexibility index (Phi) is 5.81. The molecule has 1 heteroatoms. The molecule has 0 bridgehead atoms. The van der Waals surface area contributed by atoms with E-state index in [-0.39, 0.29) is 0 Å². The van der Waals surface area contributed by atoms with Gasteiger partial charge in [0, 0.05) is 0 Å². The van der Waals surface area contributed by atoms with Crippen molar-refractivity contribution in [1.29, 1.82) is 0 Å². The Labute approximate surface area is 137 Å². The second-order valence-electron chi connectivity index (χ2n) is 7.62. The first-order valence-electron chi connectivity index (χ1n) is 9.58. The molecule has 0 aliphatic heterocycles. The molecule has 0 amide bonds. The summed E-state index contributed by atoms with van der Waals surface area (Å²) in [5, 5.41) is 0. The molecule has 0 spiro atoms. The molecule has 3 rings (SSSR count). The Hall–Kier alpha value is -0.975. The lowest BCUT2D eigenvalue weighted by molar-refractivity contribution is 0.463. The normalized spacial score (nSPS) is 21.8. The molecule has 0 atom stereocenters. The molecule has 1 aromatic carbocycles. The topological polar surface area (TPSA) is 0 Å². The van der Waals surface area contributed by atoms with E-state index in [0.29, 0.717) is 0 Å². The van der Waals surface area contributed by atoms with Crippen LogP contribution in [0.3, 0.4) is 0 Å². The van der Waals surface area contributed by atoms with Gasteiger partial charge in [-0.1, -0.05) is 119 Å². The molecule has 22 heavy (non-hydrogen) atoms. The fourth-order valence-electron chi connectivity index (χ4n) is 5.02. The van der Waals surface area contributed by atoms with Crippen LogP contribution < -0.4 is 0 Å². The highest BCUT2D eigenvalue weighted by atomic mass is 14.2. The molecular weight excluding hydrogens is 263 g/mol. The van der Waals surface area contributed by atoms with Crippen LogP contribution in [0.2, 0.25) is 11.6 Å². The number of benzene rings is 1. The summed E-state index contributed by atoms with van der Waals surface area (Å²) in [6.07, 6.45) is 17.2. The van der Waals surface area contributed by atoms with Crippen molar-refractivity contribution >= 4 is 12.8 Å². The largest absolute Gasteiger partial charge is 0.176 e. The lowest BCUT2D eigenvalue weighted by Gasteiger charge is -2.36. The molecule has 0 heterocycles. The van der Waals surface area contributed by atoms with E-state index in [2.05, 4.69) is 43.3 Å². The third-order valence-electron chi connectivity index (χ3n) is 6.04. The maximum Gasteiger partial charge on any atom is 0.176 e. The summed E-state index contributed by atoms with van der Waals surface area (Å²) in [5.41, 5.74) is 3.04. The van der Waals surface area contributed by atoms with Crippen LogP contribution in [0.4, 0.5) is 0 Å². The van der Waals surface area contributed by atoms with Gasteiger partial charge in [0.2, 0.25) is 0 Å². The minimum absolute atomic E-state index is 0.848. The third-order valence-corrected chi connectivity index (χ3v) is 6.04. The molecule has 0 aromatic heterocycles. The summed E-state index contributed by atoms with van der Waals surface area (Å²) >= 11 is 0. The van der Waals surface area contributed by atoms with Gasteiger partial charge in [-0.05, 0) is 5.56 Å². The zero-order chi connectivity index (χ0) is 15.2. The van der Waals surface area contributed by atoms with Crippen molar-refractivity contribution in [2.45, 2.75) is 82.8 Å². The molecule has 0 nitrogen and oxygen atoms in total. The van der Waals surface area contributed by atoms with Crippen LogP contribution >= 0.6 is 0 Å². The van der Waals surface area contributed by atoms with E-state index >= 15 is 0 Å². The summed E-state index contributed by atoms with van der Waals surface area (Å²) < 4.78 is 0. The first-order valence-corrected chi connectivity index (χ1v) is 9.58. The fourth-order valence-corrected chi connectivity index (χ4v) is 5.02. The Morgan fingerprint density at radius 3 is 1.82 bits per heavy atom. The monoisotopic (exact) mass is 294 g/mol. The number of rotatable bonds is 4. The molecule has 0 unspecified atom stereocenters. The van der Waals surface area contributed by atoms with Gasteiger partial charge in [-0.25, -0.2) is 0 Å². The van der Waals surface area contributed by atoms with Gasteiger partial charge in [0.1, 0.15) is 0 Å². The molecule has 118 valence electrons. The van der Waals surface area contributed by atoms with Crippen molar-refractivity contribution in [2.24, 2.45) is 0 Å². The minimum atomic E-state index is 0.848. The maximum absolute atomic E-state index is 2.48. The smallest absolute Gasteiger partial charge is 0.103 e. The zero-order valence-corrected chi connectivity index (χ0v) is 14.3. The van der Waals surface area contributed by atoms with Gasteiger partial charge in [0.25, 0.3) is 0 Å². The summed E-state index contributed by atoms with van der Waals surface area (Å²) in [5.74, 6) is 1.91. The molecule has 1 aromatic rings. The van der Waals surface area contributed by atoms with Gasteiger partial charge in [-0.2, -0.15) is 0 Å². The second kappa shape index (κ2) is 8.04. The number of hydrogen-bond acceptors (Lipinski definition) is 0. The van der Waals surface area contributed by atoms with Gasteiger partial charge in [-0.15, -0.1) is 5.47 Å². The first kappa shape index (κ1) is 15.9. The van der Waals surface area contributed by atoms with Crippen molar-refractivity contribution in [2.75, 3.05) is 0 Å². The maximum atomic E-state index is 2.48. The van der Waals surface area contributed by atoms with E-state index in [1.54, 1.807) is 5.47 Å². The predicted octanol–water partition coefficient (Wildman–Crippen LogP) is 6.79. The van der Waals surface area contributed by atoms with Crippen molar-refractivity contribution in [3.05, 3.63) is 41.4 Å². The van der Waals surface area contributed by atoms with Crippen molar-refractivity contribution in [3.63, 3.8) is 0 Å². The number of allylic oxidation sites excluding steroid dienone is 1. The van der Waals surface area contributed by atoms with E-state index in [1.165, 1.54) is 69.8 Å². The lowest BCUT2D eigenvalue weighted by Crippen LogP contribution is -2.31. The van der Waals surface area contributed by atoms with Gasteiger partial charge in [0.15, 0.2) is 6.71 Å².